The molecule has 9 heavy (non-hydrogen) atoms. The maximum atomic E-state index is 10.0. The van der Waals surface area contributed by atoms with Gasteiger partial charge in [-0.1, -0.05) is 0 Å². The third kappa shape index (κ3) is 5.93. The Bertz CT molecular complexity index is 159. The fraction of sp³-hybridized carbons (Fsp3) is 1.00. The molecule has 0 fully saturated rings. The van der Waals surface area contributed by atoms with Gasteiger partial charge in [0, 0.05) is 6.54 Å². The van der Waals surface area contributed by atoms with Crippen LogP contribution in [0.4, 0.5) is 0 Å². The fourth-order valence-corrected chi connectivity index (χ4v) is 0.365. The molecule has 0 aromatic heterocycles. The topological polar surface area (TPSA) is 80.4 Å². The van der Waals surface area contributed by atoms with E-state index in [1.807, 2.05) is 0 Å². The maximum absolute atomic E-state index is 10.0. The van der Waals surface area contributed by atoms with Crippen LogP contribution in [0.5, 0.6) is 0 Å². The first-order valence-corrected chi connectivity index (χ1v) is 3.65. The average Bonchev–Trinajstić information content (AvgIpc) is 1.62. The number of hydrogen-bond donors (Lipinski definition) is 2. The SMILES string of the molecule is CC(CN)S(=O)(=O)O.[H-].[K+]. The van der Waals surface area contributed by atoms with Crippen molar-refractivity contribution in [1.29, 1.82) is 0 Å². The maximum Gasteiger partial charge on any atom is 1.00 e. The number of hydrogen-bond acceptors (Lipinski definition) is 3. The Labute approximate surface area is 98.8 Å². The van der Waals surface area contributed by atoms with E-state index in [0.29, 0.717) is 0 Å². The third-order valence-corrected chi connectivity index (χ3v) is 2.05. The van der Waals surface area contributed by atoms with E-state index in [2.05, 4.69) is 0 Å². The summed E-state index contributed by atoms with van der Waals surface area (Å²) in [5, 5.41) is -0.845. The van der Waals surface area contributed by atoms with Crippen molar-refractivity contribution in [2.75, 3.05) is 6.54 Å². The average molecular weight is 179 g/mol. The smallest absolute Gasteiger partial charge is 1.00 e. The summed E-state index contributed by atoms with van der Waals surface area (Å²) in [6.07, 6.45) is 0. The van der Waals surface area contributed by atoms with E-state index < -0.39 is 15.4 Å². The summed E-state index contributed by atoms with van der Waals surface area (Å²) < 4.78 is 28.3. The minimum atomic E-state index is -3.88. The molecule has 0 aliphatic carbocycles. The van der Waals surface area contributed by atoms with E-state index in [1.165, 1.54) is 6.92 Å². The Kier molecular flexibility index (Phi) is 7.57. The monoisotopic (exact) mass is 179 g/mol. The van der Waals surface area contributed by atoms with Crippen LogP contribution >= 0.6 is 0 Å². The van der Waals surface area contributed by atoms with Gasteiger partial charge < -0.3 is 7.16 Å². The van der Waals surface area contributed by atoms with Gasteiger partial charge in [-0.2, -0.15) is 8.42 Å². The van der Waals surface area contributed by atoms with Crippen molar-refractivity contribution in [2.24, 2.45) is 5.73 Å². The van der Waals surface area contributed by atoms with E-state index in [4.69, 9.17) is 10.3 Å². The summed E-state index contributed by atoms with van der Waals surface area (Å²) in [5.41, 5.74) is 4.92. The summed E-state index contributed by atoms with van der Waals surface area (Å²) >= 11 is 0. The summed E-state index contributed by atoms with van der Waals surface area (Å²) in [5.74, 6) is 0. The van der Waals surface area contributed by atoms with Gasteiger partial charge in [-0.05, 0) is 6.92 Å². The quantitative estimate of drug-likeness (QED) is 0.338. The Morgan fingerprint density at radius 1 is 1.78 bits per heavy atom. The van der Waals surface area contributed by atoms with Crippen LogP contribution < -0.4 is 57.1 Å². The second-order valence-corrected chi connectivity index (χ2v) is 3.40. The van der Waals surface area contributed by atoms with Crippen molar-refractivity contribution in [2.45, 2.75) is 12.2 Å². The molecule has 0 saturated heterocycles. The molecule has 0 spiro atoms. The van der Waals surface area contributed by atoms with E-state index in [-0.39, 0.29) is 59.4 Å². The van der Waals surface area contributed by atoms with Gasteiger partial charge in [-0.25, -0.2) is 0 Å². The predicted molar refractivity (Wildman–Crippen MR) is 31.2 cm³/mol. The molecule has 52 valence electrons. The van der Waals surface area contributed by atoms with Gasteiger partial charge in [0.15, 0.2) is 0 Å². The minimum absolute atomic E-state index is 0. The molecule has 0 radical (unpaired) electrons. The zero-order chi connectivity index (χ0) is 6.78. The Morgan fingerprint density at radius 2 is 2.11 bits per heavy atom. The van der Waals surface area contributed by atoms with Crippen LogP contribution in [-0.4, -0.2) is 24.8 Å². The minimum Gasteiger partial charge on any atom is -1.00 e. The van der Waals surface area contributed by atoms with Crippen LogP contribution in [0.3, 0.4) is 0 Å². The molecule has 0 aliphatic rings. The molecule has 0 saturated carbocycles. The van der Waals surface area contributed by atoms with Gasteiger partial charge >= 0.3 is 51.4 Å². The van der Waals surface area contributed by atoms with Gasteiger partial charge in [-0.3, -0.25) is 4.55 Å². The van der Waals surface area contributed by atoms with Crippen LogP contribution in [0.25, 0.3) is 0 Å². The van der Waals surface area contributed by atoms with E-state index >= 15 is 0 Å². The Morgan fingerprint density at radius 3 is 2.11 bits per heavy atom. The molecule has 6 heteroatoms. The van der Waals surface area contributed by atoms with Gasteiger partial charge in [0.05, 0.1) is 5.25 Å². The molecule has 0 aliphatic heterocycles. The first kappa shape index (κ1) is 13.1. The Hall–Kier alpha value is 1.51. The summed E-state index contributed by atoms with van der Waals surface area (Å²) in [6, 6.07) is 0. The van der Waals surface area contributed by atoms with E-state index in [0.717, 1.165) is 0 Å². The molecular formula is C3H10KNO3S. The van der Waals surface area contributed by atoms with Crippen molar-refractivity contribution in [3.63, 3.8) is 0 Å². The molecular weight excluding hydrogens is 169 g/mol. The second kappa shape index (κ2) is 5.20. The van der Waals surface area contributed by atoms with Gasteiger partial charge in [-0.15, -0.1) is 0 Å². The van der Waals surface area contributed by atoms with Gasteiger partial charge in [0.2, 0.25) is 0 Å². The zero-order valence-corrected chi connectivity index (χ0v) is 9.47. The molecule has 1 atom stereocenters. The largest absolute Gasteiger partial charge is 1.00 e. The Balaban J connectivity index is -0.000000245. The molecule has 0 aromatic carbocycles. The van der Waals surface area contributed by atoms with Crippen molar-refractivity contribution in [3.05, 3.63) is 0 Å². The van der Waals surface area contributed by atoms with Crippen LogP contribution in [0.2, 0.25) is 0 Å². The van der Waals surface area contributed by atoms with Crippen LogP contribution in [0, 0.1) is 0 Å². The second-order valence-electron chi connectivity index (χ2n) is 1.56. The molecule has 0 amide bonds. The molecule has 3 N–H and O–H groups in total. The summed E-state index contributed by atoms with van der Waals surface area (Å²) in [4.78, 5) is 0. The summed E-state index contributed by atoms with van der Waals surface area (Å²) in [7, 11) is -3.88. The van der Waals surface area contributed by atoms with Crippen molar-refractivity contribution >= 4 is 10.1 Å². The van der Waals surface area contributed by atoms with Gasteiger partial charge in [0.1, 0.15) is 0 Å². The van der Waals surface area contributed by atoms with Crippen molar-refractivity contribution in [3.8, 4) is 0 Å². The first-order chi connectivity index (χ1) is 3.48. The predicted octanol–water partition coefficient (Wildman–Crippen LogP) is -3.66. The van der Waals surface area contributed by atoms with Gasteiger partial charge in [0.25, 0.3) is 10.1 Å². The molecule has 0 rings (SSSR count). The van der Waals surface area contributed by atoms with Crippen LogP contribution in [-0.2, 0) is 10.1 Å². The molecule has 0 bridgehead atoms. The molecule has 4 nitrogen and oxygen atoms in total. The normalized spacial score (nSPS) is 14.1. The zero-order valence-electron chi connectivity index (χ0n) is 6.53. The number of rotatable bonds is 2. The molecule has 0 aromatic rings. The van der Waals surface area contributed by atoms with Crippen molar-refractivity contribution < 1.29 is 65.8 Å². The van der Waals surface area contributed by atoms with Crippen molar-refractivity contribution in [1.82, 2.24) is 0 Å². The van der Waals surface area contributed by atoms with Crippen LogP contribution in [0.1, 0.15) is 8.35 Å². The summed E-state index contributed by atoms with van der Waals surface area (Å²) in [6.45, 7) is 1.30. The first-order valence-electron chi connectivity index (χ1n) is 2.15. The molecule has 1 unspecified atom stereocenters. The number of nitrogens with two attached hydrogens (primary N) is 1. The standard InChI is InChI=1S/C3H9NO3S.K.H/c1-3(2-4)8(5,6)7;;/h3H,2,4H2,1H3,(H,5,6,7);;/q;+1;-1. The van der Waals surface area contributed by atoms with E-state index in [1.54, 1.807) is 0 Å². The van der Waals surface area contributed by atoms with Crippen LogP contribution in [0.15, 0.2) is 0 Å². The van der Waals surface area contributed by atoms with E-state index in [9.17, 15) is 8.42 Å². The third-order valence-electron chi connectivity index (χ3n) is 0.840. The fourth-order valence-electron chi connectivity index (χ4n) is 0.122. The molecule has 0 heterocycles.